The van der Waals surface area contributed by atoms with E-state index < -0.39 is 59.2 Å². The second-order valence-electron chi connectivity index (χ2n) is 13.4. The summed E-state index contributed by atoms with van der Waals surface area (Å²) in [5, 5.41) is 5.67. The van der Waals surface area contributed by atoms with Crippen LogP contribution >= 0.6 is 11.8 Å². The summed E-state index contributed by atoms with van der Waals surface area (Å²) in [6.07, 6.45) is 1.74. The molecule has 0 aliphatic carbocycles. The van der Waals surface area contributed by atoms with Crippen LogP contribution in [0.5, 0.6) is 0 Å². The largest absolute Gasteiger partial charge is 0.458 e. The van der Waals surface area contributed by atoms with E-state index in [0.717, 1.165) is 11.1 Å². The molecular weight excluding hydrogens is 590 g/mol. The van der Waals surface area contributed by atoms with E-state index >= 15 is 0 Å². The molecule has 0 aliphatic heterocycles. The zero-order valence-electron chi connectivity index (χ0n) is 28.4. The van der Waals surface area contributed by atoms with Gasteiger partial charge in [0.1, 0.15) is 29.3 Å². The van der Waals surface area contributed by atoms with Crippen LogP contribution in [0, 0.1) is 6.92 Å². The van der Waals surface area contributed by atoms with E-state index in [4.69, 9.17) is 9.47 Å². The Hall–Kier alpha value is -3.53. The van der Waals surface area contributed by atoms with Gasteiger partial charge in [-0.25, -0.2) is 9.59 Å². The van der Waals surface area contributed by atoms with Crippen molar-refractivity contribution in [3.05, 3.63) is 71.3 Å². The molecule has 0 saturated carbocycles. The first kappa shape index (κ1) is 37.7. The van der Waals surface area contributed by atoms with Crippen LogP contribution in [-0.4, -0.2) is 70.1 Å². The van der Waals surface area contributed by atoms with Crippen molar-refractivity contribution in [2.24, 2.45) is 0 Å². The topological polar surface area (TPSA) is 114 Å². The van der Waals surface area contributed by atoms with Gasteiger partial charge < -0.3 is 25.0 Å². The molecule has 9 nitrogen and oxygen atoms in total. The Bertz CT molecular complexity index is 1290. The number of nitrogens with zero attached hydrogens (tertiary/aromatic N) is 1. The predicted octanol–water partition coefficient (Wildman–Crippen LogP) is 5.99. The molecule has 0 spiro atoms. The molecule has 2 N–H and O–H groups in total. The number of esters is 1. The highest BCUT2D eigenvalue weighted by molar-refractivity contribution is 7.98. The van der Waals surface area contributed by atoms with Gasteiger partial charge in [0, 0.05) is 12.5 Å². The molecular formula is C35H51N3O6S. The maximum Gasteiger partial charge on any atom is 0.408 e. The van der Waals surface area contributed by atoms with Gasteiger partial charge >= 0.3 is 12.1 Å². The number of hydrogen-bond acceptors (Lipinski definition) is 7. The molecule has 45 heavy (non-hydrogen) atoms. The average molecular weight is 642 g/mol. The molecule has 10 heteroatoms. The summed E-state index contributed by atoms with van der Waals surface area (Å²) in [6, 6.07) is 13.2. The number of alkyl carbamates (subject to hydrolysis) is 1. The molecule has 0 heterocycles. The highest BCUT2D eigenvalue weighted by Gasteiger charge is 2.39. The van der Waals surface area contributed by atoms with Crippen molar-refractivity contribution in [3.63, 3.8) is 0 Å². The SMILES string of the molecule is CSCCC(NC(=O)OC(C)(C)C)C(=O)N(C(C)C)C(C(=O)NC(Cc1ccccc1)C(=O)OC(C)(C)C)c1cccc(C)c1. The smallest absolute Gasteiger partial charge is 0.408 e. The van der Waals surface area contributed by atoms with E-state index in [1.807, 2.05) is 75.6 Å². The molecule has 3 atom stereocenters. The van der Waals surface area contributed by atoms with Gasteiger partial charge in [0.25, 0.3) is 0 Å². The van der Waals surface area contributed by atoms with Gasteiger partial charge in [0.2, 0.25) is 11.8 Å². The zero-order chi connectivity index (χ0) is 33.9. The Labute approximate surface area is 273 Å². The van der Waals surface area contributed by atoms with Crippen molar-refractivity contribution in [2.45, 2.75) is 111 Å². The minimum absolute atomic E-state index is 0.203. The highest BCUT2D eigenvalue weighted by atomic mass is 32.2. The number of thioether (sulfide) groups is 1. The lowest BCUT2D eigenvalue weighted by molar-refractivity contribution is -0.159. The van der Waals surface area contributed by atoms with E-state index in [9.17, 15) is 19.2 Å². The third-order valence-electron chi connectivity index (χ3n) is 6.59. The maximum absolute atomic E-state index is 14.4. The molecule has 2 aromatic carbocycles. The lowest BCUT2D eigenvalue weighted by Crippen LogP contribution is -2.56. The van der Waals surface area contributed by atoms with Crippen LogP contribution in [0.2, 0.25) is 0 Å². The average Bonchev–Trinajstić information content (AvgIpc) is 2.91. The number of carbonyl (C=O) groups excluding carboxylic acids is 4. The Balaban J connectivity index is 2.58. The van der Waals surface area contributed by atoms with Gasteiger partial charge in [0.15, 0.2) is 0 Å². The molecule has 0 saturated heterocycles. The Kier molecular flexibility index (Phi) is 14.0. The Morgan fingerprint density at radius 3 is 2.00 bits per heavy atom. The number of rotatable bonds is 13. The Morgan fingerprint density at radius 1 is 0.844 bits per heavy atom. The van der Waals surface area contributed by atoms with Gasteiger partial charge in [-0.3, -0.25) is 9.59 Å². The van der Waals surface area contributed by atoms with Crippen LogP contribution in [0.15, 0.2) is 54.6 Å². The van der Waals surface area contributed by atoms with Crippen molar-refractivity contribution in [2.75, 3.05) is 12.0 Å². The van der Waals surface area contributed by atoms with E-state index in [1.54, 1.807) is 59.4 Å². The molecule has 0 fully saturated rings. The fraction of sp³-hybridized carbons (Fsp3) is 0.543. The first-order valence-corrected chi connectivity index (χ1v) is 16.8. The summed E-state index contributed by atoms with van der Waals surface area (Å²) in [5.74, 6) is -0.939. The second-order valence-corrected chi connectivity index (χ2v) is 14.4. The van der Waals surface area contributed by atoms with Crippen molar-refractivity contribution in [3.8, 4) is 0 Å². The monoisotopic (exact) mass is 641 g/mol. The van der Waals surface area contributed by atoms with Gasteiger partial charge in [-0.15, -0.1) is 0 Å². The van der Waals surface area contributed by atoms with Crippen LogP contribution < -0.4 is 10.6 Å². The van der Waals surface area contributed by atoms with Gasteiger partial charge in [-0.1, -0.05) is 60.2 Å². The van der Waals surface area contributed by atoms with Crippen LogP contribution in [0.25, 0.3) is 0 Å². The third kappa shape index (κ3) is 12.8. The fourth-order valence-electron chi connectivity index (χ4n) is 4.75. The predicted molar refractivity (Wildman–Crippen MR) is 180 cm³/mol. The fourth-order valence-corrected chi connectivity index (χ4v) is 5.22. The lowest BCUT2D eigenvalue weighted by atomic mass is 9.98. The van der Waals surface area contributed by atoms with Crippen molar-refractivity contribution < 1.29 is 28.7 Å². The lowest BCUT2D eigenvalue weighted by Gasteiger charge is -2.38. The van der Waals surface area contributed by atoms with E-state index in [0.29, 0.717) is 17.7 Å². The second kappa shape index (κ2) is 16.7. The van der Waals surface area contributed by atoms with Gasteiger partial charge in [0.05, 0.1) is 0 Å². The molecule has 3 unspecified atom stereocenters. The summed E-state index contributed by atoms with van der Waals surface area (Å²) in [5.41, 5.74) is 0.799. The van der Waals surface area contributed by atoms with Gasteiger partial charge in [-0.05, 0) is 91.9 Å². The minimum Gasteiger partial charge on any atom is -0.458 e. The Morgan fingerprint density at radius 2 is 1.47 bits per heavy atom. The van der Waals surface area contributed by atoms with Crippen molar-refractivity contribution in [1.29, 1.82) is 0 Å². The van der Waals surface area contributed by atoms with E-state index in [2.05, 4.69) is 10.6 Å². The molecule has 0 aliphatic rings. The number of nitrogens with one attached hydrogen (secondary N) is 2. The number of benzene rings is 2. The minimum atomic E-state index is -1.10. The zero-order valence-corrected chi connectivity index (χ0v) is 29.2. The quantitative estimate of drug-likeness (QED) is 0.258. The first-order valence-electron chi connectivity index (χ1n) is 15.4. The van der Waals surface area contributed by atoms with Crippen molar-refractivity contribution >= 4 is 35.6 Å². The molecule has 3 amide bonds. The summed E-state index contributed by atoms with van der Waals surface area (Å²) in [7, 11) is 0. The van der Waals surface area contributed by atoms with Gasteiger partial charge in [-0.2, -0.15) is 11.8 Å². The highest BCUT2D eigenvalue weighted by Crippen LogP contribution is 2.27. The van der Waals surface area contributed by atoms with Crippen LogP contribution in [0.4, 0.5) is 4.79 Å². The summed E-state index contributed by atoms with van der Waals surface area (Å²) in [4.78, 5) is 56.5. The maximum atomic E-state index is 14.4. The summed E-state index contributed by atoms with van der Waals surface area (Å²) < 4.78 is 11.2. The molecule has 0 aromatic heterocycles. The summed E-state index contributed by atoms with van der Waals surface area (Å²) in [6.45, 7) is 16.1. The third-order valence-corrected chi connectivity index (χ3v) is 7.23. The molecule has 248 valence electrons. The summed E-state index contributed by atoms with van der Waals surface area (Å²) >= 11 is 1.54. The van der Waals surface area contributed by atoms with Crippen molar-refractivity contribution in [1.82, 2.24) is 15.5 Å². The normalized spacial score (nSPS) is 13.8. The molecule has 2 aromatic rings. The standard InChI is InChI=1S/C35H51N3O6S/c1-23(2)38(31(40)27(19-20-45-10)37-33(42)44-35(7,8)9)29(26-18-14-15-24(3)21-26)30(39)36-28(32(41)43-34(4,5)6)22-25-16-12-11-13-17-25/h11-18,21,23,27-29H,19-20,22H2,1-10H3,(H,36,39)(H,37,42). The molecule has 0 radical (unpaired) electrons. The van der Waals surface area contributed by atoms with E-state index in [1.165, 1.54) is 4.90 Å². The van der Waals surface area contributed by atoms with Crippen LogP contribution in [-0.2, 0) is 30.3 Å². The molecule has 0 bridgehead atoms. The van der Waals surface area contributed by atoms with Crippen LogP contribution in [0.3, 0.4) is 0 Å². The number of aryl methyl sites for hydroxylation is 1. The number of ether oxygens (including phenoxy) is 2. The van der Waals surface area contributed by atoms with Crippen LogP contribution in [0.1, 0.15) is 84.5 Å². The first-order chi connectivity index (χ1) is 20.9. The molecule has 2 rings (SSSR count). The van der Waals surface area contributed by atoms with E-state index in [-0.39, 0.29) is 6.42 Å². The number of amides is 3. The number of hydrogen-bond donors (Lipinski definition) is 2. The number of carbonyl (C=O) groups is 4.